The van der Waals surface area contributed by atoms with Crippen molar-refractivity contribution in [3.05, 3.63) is 20.2 Å². The third-order valence-corrected chi connectivity index (χ3v) is 1.72. The molecule has 0 fully saturated rings. The molecule has 0 spiro atoms. The van der Waals surface area contributed by atoms with Gasteiger partial charge in [0.05, 0.1) is 19.8 Å². The average Bonchev–Trinajstić information content (AvgIpc) is 2.27. The highest BCUT2D eigenvalue weighted by molar-refractivity contribution is 5.69. The molecule has 0 bridgehead atoms. The maximum Gasteiger partial charge on any atom is 0.305 e. The molecule has 0 aromatic carbocycles. The van der Waals surface area contributed by atoms with Gasteiger partial charge in [0.25, 0.3) is 10.2 Å². The molecular weight excluding hydrogens is 252 g/mol. The zero-order valence-electron chi connectivity index (χ0n) is 9.61. The topological polar surface area (TPSA) is 131 Å². The summed E-state index contributed by atoms with van der Waals surface area (Å²) in [4.78, 5) is 38.7. The Labute approximate surface area is 102 Å². The number of rotatable bonds is 11. The van der Waals surface area contributed by atoms with E-state index in [0.29, 0.717) is 12.8 Å². The van der Waals surface area contributed by atoms with Crippen molar-refractivity contribution in [3.63, 3.8) is 0 Å². The summed E-state index contributed by atoms with van der Waals surface area (Å²) in [6.07, 6.45) is 1.15. The second-order valence-corrected chi connectivity index (χ2v) is 3.14. The van der Waals surface area contributed by atoms with Crippen LogP contribution in [0.1, 0.15) is 25.7 Å². The molecule has 0 unspecified atom stereocenters. The molecule has 0 aliphatic carbocycles. The zero-order valence-corrected chi connectivity index (χ0v) is 9.61. The van der Waals surface area contributed by atoms with Gasteiger partial charge >= 0.3 is 5.97 Å². The van der Waals surface area contributed by atoms with Gasteiger partial charge in [-0.15, -0.1) is 20.2 Å². The van der Waals surface area contributed by atoms with Gasteiger partial charge in [-0.05, 0) is 12.8 Å². The van der Waals surface area contributed by atoms with E-state index in [0.717, 1.165) is 0 Å². The molecule has 0 aliphatic heterocycles. The quantitative estimate of drug-likeness (QED) is 0.228. The van der Waals surface area contributed by atoms with E-state index < -0.39 is 16.1 Å². The highest BCUT2D eigenvalue weighted by atomic mass is 17.0. The lowest BCUT2D eigenvalue weighted by Crippen LogP contribution is -2.10. The Morgan fingerprint density at radius 2 is 1.44 bits per heavy atom. The third kappa shape index (κ3) is 11.9. The maximum absolute atomic E-state index is 11.1. The number of esters is 1. The van der Waals surface area contributed by atoms with E-state index in [1.807, 2.05) is 0 Å². The number of hydrogen-bond donors (Lipinski definition) is 0. The van der Waals surface area contributed by atoms with E-state index in [-0.39, 0.29) is 32.7 Å². The Kier molecular flexibility index (Phi) is 8.86. The lowest BCUT2D eigenvalue weighted by atomic mass is 10.2. The molecule has 0 radical (unpaired) electrons. The van der Waals surface area contributed by atoms with Gasteiger partial charge in [-0.2, -0.15) is 0 Å². The van der Waals surface area contributed by atoms with Gasteiger partial charge in [-0.1, -0.05) is 0 Å². The predicted molar refractivity (Wildman–Crippen MR) is 55.3 cm³/mol. The van der Waals surface area contributed by atoms with Crippen LogP contribution in [0.2, 0.25) is 0 Å². The van der Waals surface area contributed by atoms with E-state index >= 15 is 0 Å². The molecule has 0 saturated heterocycles. The molecular formula is C8H14N2O8. The van der Waals surface area contributed by atoms with E-state index in [1.165, 1.54) is 0 Å². The Morgan fingerprint density at radius 3 is 2.00 bits per heavy atom. The maximum atomic E-state index is 11.1. The zero-order chi connectivity index (χ0) is 13.8. The number of unbranched alkanes of at least 4 members (excludes halogenated alkanes) is 1. The lowest BCUT2D eigenvalue weighted by molar-refractivity contribution is -0.757. The van der Waals surface area contributed by atoms with Crippen LogP contribution in [0, 0.1) is 20.2 Å². The van der Waals surface area contributed by atoms with Crippen molar-refractivity contribution < 1.29 is 29.4 Å². The normalized spacial score (nSPS) is 9.56. The molecule has 104 valence electrons. The third-order valence-electron chi connectivity index (χ3n) is 1.72. The number of hydrogen-bond acceptors (Lipinski definition) is 8. The van der Waals surface area contributed by atoms with E-state index in [1.54, 1.807) is 0 Å². The highest BCUT2D eigenvalue weighted by Crippen LogP contribution is 1.99. The van der Waals surface area contributed by atoms with Crippen LogP contribution in [-0.4, -0.2) is 36.0 Å². The largest absolute Gasteiger partial charge is 0.466 e. The van der Waals surface area contributed by atoms with E-state index in [4.69, 9.17) is 4.74 Å². The van der Waals surface area contributed by atoms with Gasteiger partial charge in [0.1, 0.15) is 0 Å². The van der Waals surface area contributed by atoms with E-state index in [9.17, 15) is 25.0 Å². The van der Waals surface area contributed by atoms with Crippen LogP contribution < -0.4 is 0 Å². The van der Waals surface area contributed by atoms with Crippen molar-refractivity contribution in [1.82, 2.24) is 0 Å². The number of nitrogens with zero attached hydrogens (tertiary/aromatic N) is 2. The van der Waals surface area contributed by atoms with Crippen molar-refractivity contribution in [2.45, 2.75) is 25.7 Å². The minimum atomic E-state index is -0.920. The first kappa shape index (κ1) is 15.9. The molecule has 0 N–H and O–H groups in total. The van der Waals surface area contributed by atoms with Gasteiger partial charge in [0.15, 0.2) is 0 Å². The van der Waals surface area contributed by atoms with Crippen LogP contribution in [0.3, 0.4) is 0 Å². The number of carbonyl (C=O) groups is 1. The molecule has 0 aliphatic rings. The summed E-state index contributed by atoms with van der Waals surface area (Å²) in [6, 6.07) is 0. The summed E-state index contributed by atoms with van der Waals surface area (Å²) >= 11 is 0. The van der Waals surface area contributed by atoms with E-state index in [2.05, 4.69) is 9.68 Å². The SMILES string of the molecule is O=C(CCCCO[N+](=O)[O-])OCCCO[N+](=O)[O-]. The van der Waals surface area contributed by atoms with Crippen LogP contribution in [-0.2, 0) is 19.2 Å². The van der Waals surface area contributed by atoms with Crippen molar-refractivity contribution in [3.8, 4) is 0 Å². The molecule has 0 saturated carbocycles. The summed E-state index contributed by atoms with van der Waals surface area (Å²) < 4.78 is 4.74. The van der Waals surface area contributed by atoms with Crippen molar-refractivity contribution >= 4 is 5.97 Å². The standard InChI is InChI=1S/C8H14N2O8/c11-8(4-1-2-6-17-9(12)13)16-5-3-7-18-10(14)15/h1-7H2. The molecule has 0 aromatic heterocycles. The van der Waals surface area contributed by atoms with Crippen LogP contribution in [0.25, 0.3) is 0 Å². The fourth-order valence-electron chi connectivity index (χ4n) is 0.967. The summed E-state index contributed by atoms with van der Waals surface area (Å²) in [6.45, 7) is -0.147. The Bertz CT molecular complexity index is 256. The van der Waals surface area contributed by atoms with Crippen LogP contribution in [0.15, 0.2) is 0 Å². The lowest BCUT2D eigenvalue weighted by Gasteiger charge is -2.04. The molecule has 10 nitrogen and oxygen atoms in total. The number of ether oxygens (including phenoxy) is 1. The smallest absolute Gasteiger partial charge is 0.305 e. The van der Waals surface area contributed by atoms with Gasteiger partial charge in [0, 0.05) is 12.8 Å². The Hall–Kier alpha value is -2.13. The monoisotopic (exact) mass is 266 g/mol. The second-order valence-electron chi connectivity index (χ2n) is 3.14. The summed E-state index contributed by atoms with van der Waals surface area (Å²) in [5.74, 6) is -0.461. The first-order valence-corrected chi connectivity index (χ1v) is 5.22. The molecule has 10 heteroatoms. The van der Waals surface area contributed by atoms with Gasteiger partial charge in [0.2, 0.25) is 0 Å². The first-order valence-electron chi connectivity index (χ1n) is 5.22. The van der Waals surface area contributed by atoms with Crippen LogP contribution in [0.5, 0.6) is 0 Å². The first-order chi connectivity index (χ1) is 8.52. The summed E-state index contributed by atoms with van der Waals surface area (Å²) in [7, 11) is 0. The Balaban J connectivity index is 3.27. The summed E-state index contributed by atoms with van der Waals surface area (Å²) in [5.41, 5.74) is 0. The number of carbonyl (C=O) groups excluding carboxylic acids is 1. The van der Waals surface area contributed by atoms with Gasteiger partial charge in [-0.3, -0.25) is 4.79 Å². The highest BCUT2D eigenvalue weighted by Gasteiger charge is 2.03. The molecule has 0 aromatic rings. The van der Waals surface area contributed by atoms with Crippen molar-refractivity contribution in [2.75, 3.05) is 19.8 Å². The Morgan fingerprint density at radius 1 is 0.889 bits per heavy atom. The summed E-state index contributed by atoms with van der Waals surface area (Å²) in [5, 5.41) is 17.7. The molecule has 0 rings (SSSR count). The fraction of sp³-hybridized carbons (Fsp3) is 0.875. The minimum absolute atomic E-state index is 0.0398. The van der Waals surface area contributed by atoms with Crippen molar-refractivity contribution in [2.24, 2.45) is 0 Å². The van der Waals surface area contributed by atoms with Crippen LogP contribution in [0.4, 0.5) is 0 Å². The molecule has 0 heterocycles. The average molecular weight is 266 g/mol. The van der Waals surface area contributed by atoms with Crippen molar-refractivity contribution in [1.29, 1.82) is 0 Å². The second kappa shape index (κ2) is 10.1. The molecule has 18 heavy (non-hydrogen) atoms. The minimum Gasteiger partial charge on any atom is -0.466 e. The predicted octanol–water partition coefficient (Wildman–Crippen LogP) is 0.507. The molecule has 0 amide bonds. The van der Waals surface area contributed by atoms with Gasteiger partial charge < -0.3 is 14.4 Å². The molecule has 0 atom stereocenters. The fourth-order valence-corrected chi connectivity index (χ4v) is 0.967. The van der Waals surface area contributed by atoms with Crippen LogP contribution >= 0.6 is 0 Å². The van der Waals surface area contributed by atoms with Gasteiger partial charge in [-0.25, -0.2) is 0 Å².